The molecular weight excluding hydrogens is 363 g/mol. The van der Waals surface area contributed by atoms with E-state index in [0.29, 0.717) is 17.8 Å². The van der Waals surface area contributed by atoms with Gasteiger partial charge in [0.05, 0.1) is 12.1 Å². The first-order valence-electron chi connectivity index (χ1n) is 8.49. The Morgan fingerprint density at radius 1 is 1.14 bits per heavy atom. The maximum atomic E-state index is 13.1. The molecule has 0 bridgehead atoms. The van der Waals surface area contributed by atoms with E-state index < -0.39 is 5.56 Å². The van der Waals surface area contributed by atoms with Crippen LogP contribution in [0.15, 0.2) is 59.7 Å². The number of pyridine rings is 1. The first kappa shape index (κ1) is 17.5. The number of hydrogen-bond donors (Lipinski definition) is 2. The third-order valence-electron chi connectivity index (χ3n) is 4.17. The zero-order valence-corrected chi connectivity index (χ0v) is 14.6. The summed E-state index contributed by atoms with van der Waals surface area (Å²) in [6, 6.07) is 11.0. The molecule has 4 aromatic rings. The summed E-state index contributed by atoms with van der Waals surface area (Å²) in [5.74, 6) is -0.342. The molecule has 0 saturated heterocycles. The molecule has 0 radical (unpaired) electrons. The minimum atomic E-state index is -0.429. The predicted octanol–water partition coefficient (Wildman–Crippen LogP) is 1.48. The van der Waals surface area contributed by atoms with E-state index in [9.17, 15) is 14.0 Å². The van der Waals surface area contributed by atoms with Gasteiger partial charge in [0.25, 0.3) is 5.56 Å². The van der Waals surface area contributed by atoms with Crippen LogP contribution in [0.3, 0.4) is 0 Å². The minimum absolute atomic E-state index is 0.0666. The molecule has 0 unspecified atom stereocenters. The maximum Gasteiger partial charge on any atom is 0.290 e. The van der Waals surface area contributed by atoms with E-state index in [-0.39, 0.29) is 29.5 Å². The molecule has 0 aliphatic heterocycles. The first-order chi connectivity index (χ1) is 13.6. The standard InChI is InChI=1S/C19H15FN6O2/c20-14-3-1-13(2-4-14)15-9-16-19(28)24-23-17(26(16)25-15)10-18(27)22-11-12-5-7-21-8-6-12/h1-9H,10-11H2,(H,22,27)(H,24,28). The largest absolute Gasteiger partial charge is 0.352 e. The molecule has 3 heterocycles. The van der Waals surface area contributed by atoms with Crippen LogP contribution in [0.2, 0.25) is 0 Å². The van der Waals surface area contributed by atoms with E-state index in [1.165, 1.54) is 16.6 Å². The van der Waals surface area contributed by atoms with Crippen molar-refractivity contribution in [3.8, 4) is 11.3 Å². The third-order valence-corrected chi connectivity index (χ3v) is 4.17. The number of nitrogens with one attached hydrogen (secondary N) is 2. The number of fused-ring (bicyclic) bond motifs is 1. The van der Waals surface area contributed by atoms with E-state index >= 15 is 0 Å². The van der Waals surface area contributed by atoms with E-state index in [0.717, 1.165) is 5.56 Å². The Bertz CT molecular complexity index is 1180. The number of H-pyrrole nitrogens is 1. The first-order valence-corrected chi connectivity index (χ1v) is 8.49. The molecule has 0 saturated carbocycles. The number of carbonyl (C=O) groups is 1. The van der Waals surface area contributed by atoms with Gasteiger partial charge in [-0.1, -0.05) is 0 Å². The Labute approximate surface area is 158 Å². The average molecular weight is 378 g/mol. The van der Waals surface area contributed by atoms with Crippen LogP contribution in [-0.4, -0.2) is 30.7 Å². The number of hydrogen-bond acceptors (Lipinski definition) is 5. The van der Waals surface area contributed by atoms with Crippen molar-refractivity contribution in [2.45, 2.75) is 13.0 Å². The fraction of sp³-hybridized carbons (Fsp3) is 0.105. The summed E-state index contributed by atoms with van der Waals surface area (Å²) in [5, 5.41) is 13.5. The quantitative estimate of drug-likeness (QED) is 0.547. The van der Waals surface area contributed by atoms with Crippen LogP contribution in [0, 0.1) is 5.82 Å². The Morgan fingerprint density at radius 3 is 2.64 bits per heavy atom. The Balaban J connectivity index is 1.58. The lowest BCUT2D eigenvalue weighted by Gasteiger charge is -2.06. The summed E-state index contributed by atoms with van der Waals surface area (Å²) < 4.78 is 14.5. The molecule has 0 spiro atoms. The van der Waals surface area contributed by atoms with E-state index in [1.54, 1.807) is 42.7 Å². The van der Waals surface area contributed by atoms with Crippen molar-refractivity contribution >= 4 is 11.4 Å². The lowest BCUT2D eigenvalue weighted by molar-refractivity contribution is -0.120. The Kier molecular flexibility index (Phi) is 4.63. The van der Waals surface area contributed by atoms with E-state index in [4.69, 9.17) is 0 Å². The topological polar surface area (TPSA) is 105 Å². The monoisotopic (exact) mass is 378 g/mol. The molecule has 0 aliphatic carbocycles. The van der Waals surface area contributed by atoms with Gasteiger partial charge in [-0.3, -0.25) is 14.6 Å². The number of rotatable bonds is 5. The highest BCUT2D eigenvalue weighted by Gasteiger charge is 2.14. The van der Waals surface area contributed by atoms with E-state index in [1.807, 2.05) is 0 Å². The van der Waals surface area contributed by atoms with Crippen LogP contribution in [0.25, 0.3) is 16.8 Å². The van der Waals surface area contributed by atoms with Gasteiger partial charge in [-0.15, -0.1) is 0 Å². The molecule has 28 heavy (non-hydrogen) atoms. The van der Waals surface area contributed by atoms with Crippen molar-refractivity contribution < 1.29 is 9.18 Å². The summed E-state index contributed by atoms with van der Waals surface area (Å²) >= 11 is 0. The summed E-state index contributed by atoms with van der Waals surface area (Å²) in [5.41, 5.74) is 1.88. The highest BCUT2D eigenvalue weighted by Crippen LogP contribution is 2.19. The Morgan fingerprint density at radius 2 is 1.89 bits per heavy atom. The molecular formula is C19H15FN6O2. The zero-order valence-electron chi connectivity index (χ0n) is 14.6. The Hall–Kier alpha value is -3.88. The van der Waals surface area contributed by atoms with Gasteiger partial charge >= 0.3 is 0 Å². The number of amides is 1. The van der Waals surface area contributed by atoms with Crippen LogP contribution >= 0.6 is 0 Å². The molecule has 2 N–H and O–H groups in total. The second-order valence-electron chi connectivity index (χ2n) is 6.11. The SMILES string of the molecule is O=C(Cc1n[nH]c(=O)c2cc(-c3ccc(F)cc3)nn12)NCc1ccncc1. The molecule has 9 heteroatoms. The molecule has 0 atom stereocenters. The van der Waals surface area contributed by atoms with Gasteiger partial charge in [-0.25, -0.2) is 14.0 Å². The number of benzene rings is 1. The van der Waals surface area contributed by atoms with Crippen LogP contribution in [0.5, 0.6) is 0 Å². The van der Waals surface area contributed by atoms with Gasteiger partial charge < -0.3 is 5.32 Å². The third kappa shape index (κ3) is 3.63. The number of nitrogens with zero attached hydrogens (tertiary/aromatic N) is 4. The van der Waals surface area contributed by atoms with Gasteiger partial charge in [0.15, 0.2) is 5.82 Å². The molecule has 0 fully saturated rings. The van der Waals surface area contributed by atoms with Gasteiger partial charge in [0.2, 0.25) is 5.91 Å². The zero-order chi connectivity index (χ0) is 19.5. The summed E-state index contributed by atoms with van der Waals surface area (Å²) in [6.07, 6.45) is 3.23. The average Bonchev–Trinajstić information content (AvgIpc) is 3.16. The molecule has 8 nitrogen and oxygen atoms in total. The molecule has 3 aromatic heterocycles. The lowest BCUT2D eigenvalue weighted by Crippen LogP contribution is -2.27. The second-order valence-corrected chi connectivity index (χ2v) is 6.11. The van der Waals surface area contributed by atoms with Gasteiger partial charge in [0, 0.05) is 24.5 Å². The fourth-order valence-electron chi connectivity index (χ4n) is 2.74. The van der Waals surface area contributed by atoms with Crippen molar-refractivity contribution in [2.24, 2.45) is 0 Å². The van der Waals surface area contributed by atoms with Crippen molar-refractivity contribution in [1.82, 2.24) is 30.1 Å². The number of aromatic amines is 1. The van der Waals surface area contributed by atoms with Gasteiger partial charge in [0.1, 0.15) is 11.3 Å². The number of aromatic nitrogens is 5. The van der Waals surface area contributed by atoms with Crippen LogP contribution < -0.4 is 10.9 Å². The maximum absolute atomic E-state index is 13.1. The molecule has 140 valence electrons. The normalized spacial score (nSPS) is 10.9. The second kappa shape index (κ2) is 7.39. The van der Waals surface area contributed by atoms with Crippen LogP contribution in [-0.2, 0) is 17.8 Å². The molecule has 1 aromatic carbocycles. The number of carbonyl (C=O) groups excluding carboxylic acids is 1. The lowest BCUT2D eigenvalue weighted by atomic mass is 10.1. The van der Waals surface area contributed by atoms with Gasteiger partial charge in [-0.05, 0) is 48.0 Å². The summed E-state index contributed by atoms with van der Waals surface area (Å²) in [6.45, 7) is 0.355. The summed E-state index contributed by atoms with van der Waals surface area (Å²) in [4.78, 5) is 28.3. The van der Waals surface area contributed by atoms with Crippen molar-refractivity contribution in [3.63, 3.8) is 0 Å². The molecule has 1 amide bonds. The highest BCUT2D eigenvalue weighted by atomic mass is 19.1. The van der Waals surface area contributed by atoms with E-state index in [2.05, 4.69) is 25.6 Å². The van der Waals surface area contributed by atoms with Crippen molar-refractivity contribution in [1.29, 1.82) is 0 Å². The minimum Gasteiger partial charge on any atom is -0.352 e. The highest BCUT2D eigenvalue weighted by molar-refractivity contribution is 5.78. The van der Waals surface area contributed by atoms with Crippen molar-refractivity contribution in [2.75, 3.05) is 0 Å². The van der Waals surface area contributed by atoms with Crippen LogP contribution in [0.4, 0.5) is 4.39 Å². The molecule has 4 rings (SSSR count). The van der Waals surface area contributed by atoms with Gasteiger partial charge in [-0.2, -0.15) is 10.2 Å². The fourth-order valence-corrected chi connectivity index (χ4v) is 2.74. The predicted molar refractivity (Wildman–Crippen MR) is 98.8 cm³/mol. The number of halogens is 1. The summed E-state index contributed by atoms with van der Waals surface area (Å²) in [7, 11) is 0. The molecule has 0 aliphatic rings. The smallest absolute Gasteiger partial charge is 0.290 e. The van der Waals surface area contributed by atoms with Crippen molar-refractivity contribution in [3.05, 3.63) is 82.4 Å². The van der Waals surface area contributed by atoms with Crippen LogP contribution in [0.1, 0.15) is 11.4 Å².